The maximum absolute atomic E-state index is 9.06. The average Bonchev–Trinajstić information content (AvgIpc) is 1.65. The van der Waals surface area contributed by atoms with Crippen LogP contribution >= 0.6 is 0 Å². The van der Waals surface area contributed by atoms with Gasteiger partial charge in [-0.15, -0.1) is 0 Å². The topological polar surface area (TPSA) is 115 Å². The number of hydrogen-bond acceptors (Lipinski definition) is 5. The zero-order valence-corrected chi connectivity index (χ0v) is 7.87. The molecule has 0 saturated heterocycles. The normalized spacial score (nSPS) is 7.10. The van der Waals surface area contributed by atoms with Crippen LogP contribution in [0, 0.1) is 0 Å². The molecule has 0 aliphatic rings. The van der Waals surface area contributed by atoms with E-state index in [0.717, 1.165) is 0 Å². The molecule has 0 fully saturated rings. The molecule has 6 nitrogen and oxygen atoms in total. The Morgan fingerprint density at radius 2 is 1.60 bits per heavy atom. The maximum Gasteiger partial charge on any atom is 2.00 e. The Bertz CT molecular complexity index is 133. The molecule has 0 radical (unpaired) electrons. The molecule has 0 aliphatic heterocycles. The van der Waals surface area contributed by atoms with E-state index in [2.05, 4.69) is 0 Å². The predicted molar refractivity (Wildman–Crippen MR) is 29.6 cm³/mol. The Hall–Kier alpha value is 0.600. The molecule has 0 atom stereocenters. The summed E-state index contributed by atoms with van der Waals surface area (Å²) in [6.45, 7) is -1.03. The van der Waals surface area contributed by atoms with E-state index >= 15 is 0 Å². The Morgan fingerprint density at radius 1 is 1.50 bits per heavy atom. The minimum atomic E-state index is -2.86. The van der Waals surface area contributed by atoms with Crippen molar-refractivity contribution in [2.24, 2.45) is 0 Å². The van der Waals surface area contributed by atoms with E-state index in [1.54, 1.807) is 0 Å². The minimum absolute atomic E-state index is 0. The number of hydrogen-bond donors (Lipinski definition) is 2. The largest absolute Gasteiger partial charge is 2.00 e. The molecular formula is C2H4CaO6S. The van der Waals surface area contributed by atoms with E-state index in [4.69, 9.17) is 28.0 Å². The van der Waals surface area contributed by atoms with Gasteiger partial charge in [0.05, 0.1) is 0 Å². The van der Waals surface area contributed by atoms with Crippen molar-refractivity contribution in [3.05, 3.63) is 0 Å². The number of carboxylic acids is 1. The van der Waals surface area contributed by atoms with Crippen molar-refractivity contribution in [3.8, 4) is 0 Å². The van der Waals surface area contributed by atoms with Crippen LogP contribution in [-0.2, 0) is 24.2 Å². The van der Waals surface area contributed by atoms with Gasteiger partial charge in [0.1, 0.15) is 0 Å². The van der Waals surface area contributed by atoms with Crippen LogP contribution in [0.3, 0.4) is 0 Å². The smallest absolute Gasteiger partial charge is 0.846 e. The molecule has 8 heteroatoms. The summed E-state index contributed by atoms with van der Waals surface area (Å²) in [5.74, 6) is -1.30. The maximum atomic E-state index is 9.06. The third kappa shape index (κ3) is 73.5. The van der Waals surface area contributed by atoms with Gasteiger partial charge < -0.3 is 23.2 Å². The Labute approximate surface area is 88.6 Å². The van der Waals surface area contributed by atoms with Crippen LogP contribution in [0.25, 0.3) is 0 Å². The Morgan fingerprint density at radius 3 is 1.60 bits per heavy atom. The van der Waals surface area contributed by atoms with Crippen LogP contribution in [0.4, 0.5) is 0 Å². The summed E-state index contributed by atoms with van der Waals surface area (Å²) in [5, 5.41) is 16.4. The van der Waals surface area contributed by atoms with Gasteiger partial charge in [-0.3, -0.25) is 4.79 Å². The van der Waals surface area contributed by atoms with Crippen molar-refractivity contribution in [2.45, 2.75) is 0 Å². The van der Waals surface area contributed by atoms with Crippen molar-refractivity contribution in [1.29, 1.82) is 0 Å². The minimum Gasteiger partial charge on any atom is -0.846 e. The van der Waals surface area contributed by atoms with Crippen LogP contribution < -0.4 is 5.11 Å². The fraction of sp³-hybridized carbons (Fsp3) is 0.500. The number of carbonyl (C=O) groups is 1. The average molecular weight is 196 g/mol. The molecule has 0 bridgehead atoms. The second-order valence-electron chi connectivity index (χ2n) is 0.755. The number of rotatable bonds is 1. The second-order valence-corrected chi connectivity index (χ2v) is 1.19. The molecule has 0 aliphatic carbocycles. The summed E-state index contributed by atoms with van der Waals surface area (Å²) in [6, 6.07) is 0. The first-order chi connectivity index (χ1) is 4.00. The first-order valence-electron chi connectivity index (χ1n) is 1.59. The molecule has 10 heavy (non-hydrogen) atoms. The summed E-state index contributed by atoms with van der Waals surface area (Å²) >= 11 is 0. The number of carboxylic acid groups (broad SMARTS) is 1. The van der Waals surface area contributed by atoms with Gasteiger partial charge in [-0.25, -0.2) is 0 Å². The van der Waals surface area contributed by atoms with Crippen LogP contribution in [0.1, 0.15) is 0 Å². The zero-order valence-electron chi connectivity index (χ0n) is 4.85. The molecular weight excluding hydrogens is 192 g/mol. The van der Waals surface area contributed by atoms with E-state index in [1.165, 1.54) is 0 Å². The van der Waals surface area contributed by atoms with E-state index < -0.39 is 23.6 Å². The monoisotopic (exact) mass is 196 g/mol. The third-order valence-electron chi connectivity index (χ3n) is 0.123. The second kappa shape index (κ2) is 12.3. The molecule has 0 aromatic carbocycles. The SMILES string of the molecule is O=C(O)C[O-].O=[S-](=O)O.[Ca+2]. The van der Waals surface area contributed by atoms with Crippen molar-refractivity contribution < 1.29 is 28.0 Å². The van der Waals surface area contributed by atoms with Crippen LogP contribution in [-0.4, -0.2) is 60.0 Å². The molecule has 0 amide bonds. The van der Waals surface area contributed by atoms with Crippen molar-refractivity contribution in [1.82, 2.24) is 0 Å². The van der Waals surface area contributed by atoms with Gasteiger partial charge in [0, 0.05) is 11.0 Å². The molecule has 0 heterocycles. The van der Waals surface area contributed by atoms with Gasteiger partial charge >= 0.3 is 37.7 Å². The number of aliphatic carboxylic acids is 1. The molecule has 0 unspecified atom stereocenters. The van der Waals surface area contributed by atoms with Crippen molar-refractivity contribution >= 4 is 54.7 Å². The predicted octanol–water partition coefficient (Wildman–Crippen LogP) is -2.18. The molecule has 0 aromatic heterocycles. The van der Waals surface area contributed by atoms with E-state index in [1.807, 2.05) is 0 Å². The van der Waals surface area contributed by atoms with Gasteiger partial charge in [0.25, 0.3) is 5.97 Å². The summed E-state index contributed by atoms with van der Waals surface area (Å²) in [6.07, 6.45) is 0. The third-order valence-corrected chi connectivity index (χ3v) is 0.123. The molecule has 56 valence electrons. The summed E-state index contributed by atoms with van der Waals surface area (Å²) in [5.41, 5.74) is 0. The fourth-order valence-electron chi connectivity index (χ4n) is 0. The summed E-state index contributed by atoms with van der Waals surface area (Å²) < 4.78 is 24.1. The van der Waals surface area contributed by atoms with E-state index in [-0.39, 0.29) is 37.7 Å². The van der Waals surface area contributed by atoms with Gasteiger partial charge in [0.15, 0.2) is 0 Å². The van der Waals surface area contributed by atoms with Crippen molar-refractivity contribution in [2.75, 3.05) is 6.61 Å². The molecule has 0 aromatic rings. The first-order valence-corrected chi connectivity index (χ1v) is 2.62. The van der Waals surface area contributed by atoms with Crippen LogP contribution in [0.15, 0.2) is 0 Å². The van der Waals surface area contributed by atoms with Gasteiger partial charge in [0.2, 0.25) is 0 Å². The first kappa shape index (κ1) is 16.9. The van der Waals surface area contributed by atoms with Gasteiger partial charge in [-0.05, 0) is 6.61 Å². The van der Waals surface area contributed by atoms with Gasteiger partial charge in [-0.1, -0.05) is 0 Å². The Balaban J connectivity index is -0.0000000910. The van der Waals surface area contributed by atoms with E-state index in [9.17, 15) is 0 Å². The summed E-state index contributed by atoms with van der Waals surface area (Å²) in [4.78, 5) is 9.06. The van der Waals surface area contributed by atoms with Crippen molar-refractivity contribution in [3.63, 3.8) is 0 Å². The van der Waals surface area contributed by atoms with Gasteiger partial charge in [-0.2, -0.15) is 0 Å². The molecule has 0 rings (SSSR count). The zero-order chi connectivity index (χ0) is 7.86. The van der Waals surface area contributed by atoms with Crippen LogP contribution in [0.2, 0.25) is 0 Å². The summed E-state index contributed by atoms with van der Waals surface area (Å²) in [7, 11) is -2.86. The molecule has 2 N–H and O–H groups in total. The standard InChI is InChI=1S/C2H3O3.Ca.HO3S/c3-1-2(4)5;;1-4(2)3/h1H2,(H,4,5);;(H,1,2,3)/q-1;+2;-1. The fourth-order valence-corrected chi connectivity index (χ4v) is 0. The van der Waals surface area contributed by atoms with E-state index in [0.29, 0.717) is 0 Å². The Kier molecular flexibility index (Phi) is 20.8. The quantitative estimate of drug-likeness (QED) is 0.213. The van der Waals surface area contributed by atoms with Crippen LogP contribution in [0.5, 0.6) is 0 Å². The molecule has 0 saturated carbocycles. The molecule has 0 spiro atoms.